The predicted octanol–water partition coefficient (Wildman–Crippen LogP) is 0.524. The first-order valence-electron chi connectivity index (χ1n) is 5.04. The Kier molecular flexibility index (Phi) is 2.67. The molecule has 4 nitrogen and oxygen atoms in total. The van der Waals surface area contributed by atoms with Gasteiger partial charge in [-0.05, 0) is 38.1 Å². The summed E-state index contributed by atoms with van der Waals surface area (Å²) in [4.78, 5) is 4.14. The van der Waals surface area contributed by atoms with E-state index >= 15 is 0 Å². The van der Waals surface area contributed by atoms with E-state index in [2.05, 4.69) is 10.3 Å². The molecule has 0 radical (unpaired) electrons. The Labute approximate surface area is 88.6 Å². The minimum atomic E-state index is -0.820. The number of aliphatic hydroxyl groups is 1. The summed E-state index contributed by atoms with van der Waals surface area (Å²) in [5, 5.41) is 22.2. The van der Waals surface area contributed by atoms with Crippen LogP contribution in [-0.2, 0) is 5.60 Å². The van der Waals surface area contributed by atoms with Gasteiger partial charge >= 0.3 is 0 Å². The molecule has 0 atom stereocenters. The van der Waals surface area contributed by atoms with Gasteiger partial charge in [0.1, 0.15) is 11.7 Å². The third-order valence-corrected chi connectivity index (χ3v) is 2.80. The maximum absolute atomic E-state index is 10.3. The number of pyridine rings is 1. The zero-order valence-corrected chi connectivity index (χ0v) is 8.40. The Morgan fingerprint density at radius 3 is 2.67 bits per heavy atom. The molecule has 2 N–H and O–H groups in total. The van der Waals surface area contributed by atoms with Crippen LogP contribution in [0, 0.1) is 11.3 Å². The minimum Gasteiger partial charge on any atom is -0.383 e. The van der Waals surface area contributed by atoms with E-state index in [1.165, 1.54) is 6.20 Å². The van der Waals surface area contributed by atoms with E-state index in [1.807, 2.05) is 6.07 Å². The summed E-state index contributed by atoms with van der Waals surface area (Å²) in [6, 6.07) is 5.45. The molecule has 1 aliphatic heterocycles. The van der Waals surface area contributed by atoms with Gasteiger partial charge in [-0.3, -0.25) is 4.98 Å². The van der Waals surface area contributed by atoms with Crippen LogP contribution in [0.25, 0.3) is 0 Å². The molecule has 0 spiro atoms. The molecule has 0 bridgehead atoms. The quantitative estimate of drug-likeness (QED) is 0.698. The molecule has 0 saturated carbocycles. The van der Waals surface area contributed by atoms with Crippen molar-refractivity contribution >= 4 is 0 Å². The van der Waals surface area contributed by atoms with Crippen LogP contribution in [0.5, 0.6) is 0 Å². The molecule has 1 fully saturated rings. The highest BCUT2D eigenvalue weighted by molar-refractivity contribution is 5.28. The fourth-order valence-corrected chi connectivity index (χ4v) is 1.83. The number of nitrogens with zero attached hydrogens (tertiary/aromatic N) is 2. The van der Waals surface area contributed by atoms with Crippen molar-refractivity contribution in [1.82, 2.24) is 10.3 Å². The van der Waals surface area contributed by atoms with Gasteiger partial charge in [-0.2, -0.15) is 5.26 Å². The zero-order valence-electron chi connectivity index (χ0n) is 8.40. The van der Waals surface area contributed by atoms with Gasteiger partial charge < -0.3 is 10.4 Å². The maximum Gasteiger partial charge on any atom is 0.109 e. The highest BCUT2D eigenvalue weighted by Gasteiger charge is 2.32. The first-order chi connectivity index (χ1) is 7.24. The lowest BCUT2D eigenvalue weighted by molar-refractivity contribution is 0.00187. The SMILES string of the molecule is N#Cc1ccc(C2(O)CCNCC2)nc1. The van der Waals surface area contributed by atoms with Crippen molar-refractivity contribution in [1.29, 1.82) is 5.26 Å². The summed E-state index contributed by atoms with van der Waals surface area (Å²) < 4.78 is 0. The van der Waals surface area contributed by atoms with Crippen LogP contribution in [0.1, 0.15) is 24.1 Å². The molecule has 0 aliphatic carbocycles. The Hall–Kier alpha value is -1.44. The van der Waals surface area contributed by atoms with E-state index in [4.69, 9.17) is 5.26 Å². The van der Waals surface area contributed by atoms with Gasteiger partial charge in [0, 0.05) is 6.20 Å². The Morgan fingerprint density at radius 2 is 2.13 bits per heavy atom. The molecule has 0 amide bonds. The second kappa shape index (κ2) is 3.97. The summed E-state index contributed by atoms with van der Waals surface area (Å²) in [6.07, 6.45) is 2.85. The average Bonchev–Trinajstić information content (AvgIpc) is 2.30. The Bertz CT molecular complexity index is 374. The van der Waals surface area contributed by atoms with Gasteiger partial charge in [-0.15, -0.1) is 0 Å². The normalized spacial score (nSPS) is 19.5. The van der Waals surface area contributed by atoms with E-state index in [9.17, 15) is 5.11 Å². The largest absolute Gasteiger partial charge is 0.383 e. The second-order valence-electron chi connectivity index (χ2n) is 3.83. The standard InChI is InChI=1S/C11H13N3O/c12-7-9-1-2-10(14-8-9)11(15)3-5-13-6-4-11/h1-2,8,13,15H,3-6H2. The molecular formula is C11H13N3O. The number of nitrogens with one attached hydrogen (secondary N) is 1. The minimum absolute atomic E-state index is 0.524. The van der Waals surface area contributed by atoms with E-state index in [1.54, 1.807) is 12.1 Å². The molecular weight excluding hydrogens is 190 g/mol. The molecule has 1 aromatic rings. The van der Waals surface area contributed by atoms with E-state index in [0.29, 0.717) is 24.1 Å². The number of hydrogen-bond donors (Lipinski definition) is 2. The fourth-order valence-electron chi connectivity index (χ4n) is 1.83. The van der Waals surface area contributed by atoms with Crippen LogP contribution in [0.4, 0.5) is 0 Å². The van der Waals surface area contributed by atoms with E-state index in [-0.39, 0.29) is 0 Å². The number of hydrogen-bond acceptors (Lipinski definition) is 4. The first-order valence-corrected chi connectivity index (χ1v) is 5.04. The monoisotopic (exact) mass is 203 g/mol. The summed E-state index contributed by atoms with van der Waals surface area (Å²) >= 11 is 0. The third-order valence-electron chi connectivity index (χ3n) is 2.80. The molecule has 1 aromatic heterocycles. The highest BCUT2D eigenvalue weighted by atomic mass is 16.3. The van der Waals surface area contributed by atoms with Gasteiger partial charge in [-0.25, -0.2) is 0 Å². The van der Waals surface area contributed by atoms with Crippen molar-refractivity contribution in [3.05, 3.63) is 29.6 Å². The zero-order chi connectivity index (χ0) is 10.7. The van der Waals surface area contributed by atoms with Crippen LogP contribution in [0.15, 0.2) is 18.3 Å². The van der Waals surface area contributed by atoms with Crippen LogP contribution in [0.2, 0.25) is 0 Å². The van der Waals surface area contributed by atoms with Crippen molar-refractivity contribution in [3.8, 4) is 6.07 Å². The Morgan fingerprint density at radius 1 is 1.40 bits per heavy atom. The fraction of sp³-hybridized carbons (Fsp3) is 0.455. The van der Waals surface area contributed by atoms with Crippen molar-refractivity contribution in [2.24, 2.45) is 0 Å². The molecule has 2 rings (SSSR count). The molecule has 4 heteroatoms. The maximum atomic E-state index is 10.3. The molecule has 1 aliphatic rings. The van der Waals surface area contributed by atoms with Gasteiger partial charge in [0.15, 0.2) is 0 Å². The number of piperidine rings is 1. The van der Waals surface area contributed by atoms with Crippen LogP contribution >= 0.6 is 0 Å². The lowest BCUT2D eigenvalue weighted by Gasteiger charge is -2.31. The average molecular weight is 203 g/mol. The molecule has 15 heavy (non-hydrogen) atoms. The first kappa shape index (κ1) is 10.1. The van der Waals surface area contributed by atoms with E-state index in [0.717, 1.165) is 13.1 Å². The summed E-state index contributed by atoms with van der Waals surface area (Å²) in [5.74, 6) is 0. The summed E-state index contributed by atoms with van der Waals surface area (Å²) in [7, 11) is 0. The smallest absolute Gasteiger partial charge is 0.109 e. The van der Waals surface area contributed by atoms with Crippen molar-refractivity contribution in [2.45, 2.75) is 18.4 Å². The summed E-state index contributed by atoms with van der Waals surface area (Å²) in [5.41, 5.74) is 0.374. The summed E-state index contributed by atoms with van der Waals surface area (Å²) in [6.45, 7) is 1.61. The molecule has 2 heterocycles. The van der Waals surface area contributed by atoms with Crippen LogP contribution in [0.3, 0.4) is 0 Å². The molecule has 0 aromatic carbocycles. The van der Waals surface area contributed by atoms with Gasteiger partial charge in [0.25, 0.3) is 0 Å². The number of aromatic nitrogens is 1. The lowest BCUT2D eigenvalue weighted by Crippen LogP contribution is -2.40. The van der Waals surface area contributed by atoms with Crippen molar-refractivity contribution in [3.63, 3.8) is 0 Å². The highest BCUT2D eigenvalue weighted by Crippen LogP contribution is 2.28. The van der Waals surface area contributed by atoms with E-state index < -0.39 is 5.60 Å². The predicted molar refractivity (Wildman–Crippen MR) is 55.0 cm³/mol. The van der Waals surface area contributed by atoms with Crippen molar-refractivity contribution < 1.29 is 5.11 Å². The molecule has 1 saturated heterocycles. The third kappa shape index (κ3) is 1.99. The van der Waals surface area contributed by atoms with Gasteiger partial charge in [-0.1, -0.05) is 0 Å². The van der Waals surface area contributed by atoms with Crippen molar-refractivity contribution in [2.75, 3.05) is 13.1 Å². The second-order valence-corrected chi connectivity index (χ2v) is 3.83. The molecule has 78 valence electrons. The Balaban J connectivity index is 2.24. The number of rotatable bonds is 1. The lowest BCUT2D eigenvalue weighted by atomic mass is 9.88. The van der Waals surface area contributed by atoms with Crippen LogP contribution < -0.4 is 5.32 Å². The van der Waals surface area contributed by atoms with Crippen LogP contribution in [-0.4, -0.2) is 23.2 Å². The topological polar surface area (TPSA) is 68.9 Å². The molecule has 0 unspecified atom stereocenters. The van der Waals surface area contributed by atoms with Gasteiger partial charge in [0.05, 0.1) is 11.3 Å². The number of nitriles is 1. The van der Waals surface area contributed by atoms with Gasteiger partial charge in [0.2, 0.25) is 0 Å².